The number of rotatable bonds is 4. The van der Waals surface area contributed by atoms with Crippen molar-refractivity contribution >= 4 is 26.7 Å². The quantitative estimate of drug-likeness (QED) is 0.516. The van der Waals surface area contributed by atoms with E-state index >= 15 is 0 Å². The highest BCUT2D eigenvalue weighted by molar-refractivity contribution is 7.92. The van der Waals surface area contributed by atoms with Gasteiger partial charge in [-0.1, -0.05) is 12.1 Å². The molecule has 0 bridgehead atoms. The third-order valence-electron chi connectivity index (χ3n) is 4.84. The minimum Gasteiger partial charge on any atom is -0.338 e. The highest BCUT2D eigenvalue weighted by Crippen LogP contribution is 2.24. The Hall–Kier alpha value is -3.12. The average molecular weight is 391 g/mol. The predicted molar refractivity (Wildman–Crippen MR) is 113 cm³/mol. The molecule has 4 aromatic rings. The van der Waals surface area contributed by atoms with Gasteiger partial charge in [0.05, 0.1) is 15.9 Å². The van der Waals surface area contributed by atoms with Gasteiger partial charge < -0.3 is 4.98 Å². The van der Waals surface area contributed by atoms with Crippen LogP contribution in [0.15, 0.2) is 65.6 Å². The lowest BCUT2D eigenvalue weighted by Gasteiger charge is -2.10. The van der Waals surface area contributed by atoms with Crippen LogP contribution in [0.4, 0.5) is 5.69 Å². The van der Waals surface area contributed by atoms with Crippen LogP contribution in [0.2, 0.25) is 0 Å². The van der Waals surface area contributed by atoms with Crippen LogP contribution < -0.4 is 4.72 Å². The molecular weight excluding hydrogens is 370 g/mol. The zero-order valence-corrected chi connectivity index (χ0v) is 16.8. The number of hydrogen-bond donors (Lipinski definition) is 2. The lowest BCUT2D eigenvalue weighted by molar-refractivity contribution is 0.601. The van der Waals surface area contributed by atoms with Gasteiger partial charge in [0.2, 0.25) is 0 Å². The summed E-state index contributed by atoms with van der Waals surface area (Å²) in [6.07, 6.45) is 0. The van der Waals surface area contributed by atoms with E-state index in [2.05, 4.69) is 20.8 Å². The maximum Gasteiger partial charge on any atom is 0.261 e. The van der Waals surface area contributed by atoms with E-state index in [1.54, 1.807) is 24.3 Å². The molecule has 0 unspecified atom stereocenters. The third-order valence-corrected chi connectivity index (χ3v) is 6.22. The number of aryl methyl sites for hydroxylation is 3. The third kappa shape index (κ3) is 3.51. The van der Waals surface area contributed by atoms with E-state index in [4.69, 9.17) is 0 Å². The zero-order valence-electron chi connectivity index (χ0n) is 15.9. The summed E-state index contributed by atoms with van der Waals surface area (Å²) in [6, 6.07) is 18.4. The van der Waals surface area contributed by atoms with Crippen molar-refractivity contribution in [3.8, 4) is 11.4 Å². The summed E-state index contributed by atoms with van der Waals surface area (Å²) in [5.41, 5.74) is 6.45. The Kier molecular flexibility index (Phi) is 4.43. The number of aromatic nitrogens is 2. The van der Waals surface area contributed by atoms with E-state index in [0.29, 0.717) is 5.69 Å². The van der Waals surface area contributed by atoms with Crippen molar-refractivity contribution in [2.45, 2.75) is 25.7 Å². The Balaban J connectivity index is 1.59. The molecule has 0 amide bonds. The van der Waals surface area contributed by atoms with Gasteiger partial charge in [0.25, 0.3) is 10.0 Å². The fourth-order valence-corrected chi connectivity index (χ4v) is 4.19. The van der Waals surface area contributed by atoms with Crippen LogP contribution in [-0.4, -0.2) is 18.4 Å². The van der Waals surface area contributed by atoms with E-state index in [-0.39, 0.29) is 4.90 Å². The number of sulfonamides is 1. The number of hydrogen-bond acceptors (Lipinski definition) is 3. The maximum atomic E-state index is 12.6. The van der Waals surface area contributed by atoms with Crippen molar-refractivity contribution in [2.75, 3.05) is 4.72 Å². The zero-order chi connectivity index (χ0) is 19.9. The molecular formula is C22H21N3O2S. The minimum absolute atomic E-state index is 0.257. The molecule has 28 heavy (non-hydrogen) atoms. The Morgan fingerprint density at radius 2 is 1.61 bits per heavy atom. The molecule has 0 saturated carbocycles. The van der Waals surface area contributed by atoms with E-state index < -0.39 is 10.0 Å². The molecule has 0 aliphatic heterocycles. The van der Waals surface area contributed by atoms with Crippen LogP contribution in [0.5, 0.6) is 0 Å². The summed E-state index contributed by atoms with van der Waals surface area (Å²) >= 11 is 0. The van der Waals surface area contributed by atoms with E-state index in [1.807, 2.05) is 51.1 Å². The molecule has 2 N–H and O–H groups in total. The summed E-state index contributed by atoms with van der Waals surface area (Å²) in [7, 11) is -3.63. The first-order valence-corrected chi connectivity index (χ1v) is 10.5. The molecule has 0 aliphatic rings. The second kappa shape index (κ2) is 6.80. The summed E-state index contributed by atoms with van der Waals surface area (Å²) in [4.78, 5) is 8.16. The van der Waals surface area contributed by atoms with E-state index in [0.717, 1.165) is 33.5 Å². The Morgan fingerprint density at radius 1 is 0.857 bits per heavy atom. The van der Waals surface area contributed by atoms with Crippen LogP contribution in [0.1, 0.15) is 16.7 Å². The molecule has 6 heteroatoms. The normalized spacial score (nSPS) is 11.7. The second-order valence-corrected chi connectivity index (χ2v) is 8.72. The second-order valence-electron chi connectivity index (χ2n) is 7.03. The molecule has 5 nitrogen and oxygen atoms in total. The van der Waals surface area contributed by atoms with E-state index in [9.17, 15) is 8.42 Å². The number of benzene rings is 3. The van der Waals surface area contributed by atoms with Gasteiger partial charge in [-0.15, -0.1) is 0 Å². The molecule has 142 valence electrons. The molecule has 4 rings (SSSR count). The average Bonchev–Trinajstić information content (AvgIpc) is 3.07. The molecule has 0 atom stereocenters. The topological polar surface area (TPSA) is 74.8 Å². The van der Waals surface area contributed by atoms with Gasteiger partial charge in [0, 0.05) is 11.3 Å². The van der Waals surface area contributed by atoms with Gasteiger partial charge in [0.1, 0.15) is 5.82 Å². The van der Waals surface area contributed by atoms with Crippen molar-refractivity contribution < 1.29 is 8.42 Å². The Morgan fingerprint density at radius 3 is 2.32 bits per heavy atom. The molecule has 1 aromatic heterocycles. The standard InChI is InChI=1S/C22H21N3O2S/c1-14-4-11-20-21(12-14)24-22(23-20)17-6-8-18(9-7-17)25-28(26,27)19-10-5-15(2)16(3)13-19/h4-13,25H,1-3H3,(H,23,24). The first-order valence-electron chi connectivity index (χ1n) is 8.99. The van der Waals surface area contributed by atoms with Gasteiger partial charge in [-0.3, -0.25) is 4.72 Å². The number of H-pyrrole nitrogens is 1. The van der Waals surface area contributed by atoms with Gasteiger partial charge >= 0.3 is 0 Å². The van der Waals surface area contributed by atoms with Gasteiger partial charge in [-0.2, -0.15) is 0 Å². The lowest BCUT2D eigenvalue weighted by Crippen LogP contribution is -2.13. The van der Waals surface area contributed by atoms with Gasteiger partial charge in [-0.25, -0.2) is 13.4 Å². The molecule has 0 fully saturated rings. The van der Waals surface area contributed by atoms with E-state index in [1.165, 1.54) is 5.56 Å². The smallest absolute Gasteiger partial charge is 0.261 e. The predicted octanol–water partition coefficient (Wildman–Crippen LogP) is 4.96. The molecule has 0 spiro atoms. The summed E-state index contributed by atoms with van der Waals surface area (Å²) in [6.45, 7) is 5.89. The molecule has 1 heterocycles. The largest absolute Gasteiger partial charge is 0.338 e. The lowest BCUT2D eigenvalue weighted by atomic mass is 10.1. The number of nitrogens with zero attached hydrogens (tertiary/aromatic N) is 1. The van der Waals surface area contributed by atoms with Crippen LogP contribution >= 0.6 is 0 Å². The number of nitrogens with one attached hydrogen (secondary N) is 2. The number of aromatic amines is 1. The van der Waals surface area contributed by atoms with Crippen molar-refractivity contribution in [1.29, 1.82) is 0 Å². The van der Waals surface area contributed by atoms with Crippen molar-refractivity contribution in [3.63, 3.8) is 0 Å². The Labute approximate surface area is 164 Å². The van der Waals surface area contributed by atoms with Crippen LogP contribution in [0.3, 0.4) is 0 Å². The van der Waals surface area contributed by atoms with Crippen LogP contribution in [-0.2, 0) is 10.0 Å². The SMILES string of the molecule is Cc1ccc2nc(-c3ccc(NS(=O)(=O)c4ccc(C)c(C)c4)cc3)[nH]c2c1. The van der Waals surface area contributed by atoms with Crippen LogP contribution in [0, 0.1) is 20.8 Å². The fraction of sp³-hybridized carbons (Fsp3) is 0.136. The molecule has 0 radical (unpaired) electrons. The first-order chi connectivity index (χ1) is 13.3. The highest BCUT2D eigenvalue weighted by atomic mass is 32.2. The number of anilines is 1. The molecule has 0 saturated heterocycles. The summed E-state index contributed by atoms with van der Waals surface area (Å²) < 4.78 is 27.9. The number of fused-ring (bicyclic) bond motifs is 1. The summed E-state index contributed by atoms with van der Waals surface area (Å²) in [5, 5.41) is 0. The monoisotopic (exact) mass is 391 g/mol. The van der Waals surface area contributed by atoms with Crippen LogP contribution in [0.25, 0.3) is 22.4 Å². The molecule has 3 aromatic carbocycles. The van der Waals surface area contributed by atoms with Crippen molar-refractivity contribution in [1.82, 2.24) is 9.97 Å². The summed E-state index contributed by atoms with van der Waals surface area (Å²) in [5.74, 6) is 0.754. The first kappa shape index (κ1) is 18.3. The van der Waals surface area contributed by atoms with Gasteiger partial charge in [-0.05, 0) is 86.0 Å². The number of imidazole rings is 1. The minimum atomic E-state index is -3.63. The highest BCUT2D eigenvalue weighted by Gasteiger charge is 2.15. The maximum absolute atomic E-state index is 12.6. The van der Waals surface area contributed by atoms with Gasteiger partial charge in [0.15, 0.2) is 0 Å². The van der Waals surface area contributed by atoms with Crippen molar-refractivity contribution in [2.24, 2.45) is 0 Å². The Bertz CT molecular complexity index is 1270. The molecule has 0 aliphatic carbocycles. The fourth-order valence-electron chi connectivity index (χ4n) is 3.05. The van der Waals surface area contributed by atoms with Crippen molar-refractivity contribution in [3.05, 3.63) is 77.4 Å².